The van der Waals surface area contributed by atoms with E-state index in [2.05, 4.69) is 28.2 Å². The van der Waals surface area contributed by atoms with E-state index in [0.29, 0.717) is 16.5 Å². The molecule has 2 rings (SSSR count). The summed E-state index contributed by atoms with van der Waals surface area (Å²) in [5.41, 5.74) is 0. The van der Waals surface area contributed by atoms with Gasteiger partial charge in [0.25, 0.3) is 5.91 Å². The molecule has 0 spiro atoms. The molecular formula is C10H14BrClN2O2. The predicted octanol–water partition coefficient (Wildman–Crippen LogP) is 1.90. The van der Waals surface area contributed by atoms with Crippen LogP contribution in [0.5, 0.6) is 0 Å². The molecule has 1 aliphatic rings. The minimum atomic E-state index is -0.0333. The lowest BCUT2D eigenvalue weighted by Crippen LogP contribution is -2.51. The van der Waals surface area contributed by atoms with Crippen LogP contribution in [0, 0.1) is 0 Å². The molecule has 6 heteroatoms. The van der Waals surface area contributed by atoms with Crippen LogP contribution in [0.1, 0.15) is 17.5 Å². The van der Waals surface area contributed by atoms with Gasteiger partial charge in [-0.05, 0) is 35.0 Å². The number of carbonyl (C=O) groups excluding carboxylic acids is 1. The van der Waals surface area contributed by atoms with Gasteiger partial charge in [0, 0.05) is 25.7 Å². The maximum Gasteiger partial charge on any atom is 0.289 e. The molecule has 0 aromatic carbocycles. The van der Waals surface area contributed by atoms with Crippen molar-refractivity contribution in [3.05, 3.63) is 22.6 Å². The van der Waals surface area contributed by atoms with E-state index >= 15 is 0 Å². The van der Waals surface area contributed by atoms with Gasteiger partial charge in [-0.2, -0.15) is 0 Å². The van der Waals surface area contributed by atoms with Gasteiger partial charge in [0.15, 0.2) is 10.4 Å². The Bertz CT molecular complexity index is 369. The number of carbonyl (C=O) groups is 1. The second-order valence-corrected chi connectivity index (χ2v) is 4.49. The highest BCUT2D eigenvalue weighted by Gasteiger charge is 2.23. The summed E-state index contributed by atoms with van der Waals surface area (Å²) in [7, 11) is 0. The summed E-state index contributed by atoms with van der Waals surface area (Å²) in [6.45, 7) is 4.38. The number of amides is 1. The number of rotatable bonds is 1. The maximum absolute atomic E-state index is 11.9. The average molecular weight is 310 g/mol. The van der Waals surface area contributed by atoms with Crippen molar-refractivity contribution in [2.24, 2.45) is 0 Å². The Morgan fingerprint density at radius 3 is 2.94 bits per heavy atom. The maximum atomic E-state index is 11.9. The summed E-state index contributed by atoms with van der Waals surface area (Å²) in [6, 6.07) is 3.78. The van der Waals surface area contributed by atoms with Crippen LogP contribution >= 0.6 is 28.3 Å². The van der Waals surface area contributed by atoms with Crippen molar-refractivity contribution in [1.82, 2.24) is 10.2 Å². The van der Waals surface area contributed by atoms with Crippen LogP contribution in [0.3, 0.4) is 0 Å². The van der Waals surface area contributed by atoms with Crippen molar-refractivity contribution in [1.29, 1.82) is 0 Å². The molecule has 1 amide bonds. The zero-order chi connectivity index (χ0) is 10.8. The van der Waals surface area contributed by atoms with E-state index < -0.39 is 0 Å². The summed E-state index contributed by atoms with van der Waals surface area (Å²) in [4.78, 5) is 13.8. The average Bonchev–Trinajstić information content (AvgIpc) is 2.64. The van der Waals surface area contributed by atoms with Crippen LogP contribution in [0.2, 0.25) is 0 Å². The van der Waals surface area contributed by atoms with E-state index in [1.807, 2.05) is 4.90 Å². The van der Waals surface area contributed by atoms with Crippen LogP contribution in [0.4, 0.5) is 0 Å². The number of piperazine rings is 1. The molecule has 0 radical (unpaired) electrons. The highest BCUT2D eigenvalue weighted by molar-refractivity contribution is 9.10. The Kier molecular flexibility index (Phi) is 4.83. The van der Waals surface area contributed by atoms with Gasteiger partial charge in [-0.15, -0.1) is 12.4 Å². The van der Waals surface area contributed by atoms with E-state index in [-0.39, 0.29) is 18.3 Å². The highest BCUT2D eigenvalue weighted by Crippen LogP contribution is 2.16. The van der Waals surface area contributed by atoms with E-state index in [1.165, 1.54) is 0 Å². The summed E-state index contributed by atoms with van der Waals surface area (Å²) >= 11 is 3.19. The van der Waals surface area contributed by atoms with Gasteiger partial charge in [-0.25, -0.2) is 0 Å². The molecule has 1 aromatic heterocycles. The molecule has 0 saturated carbocycles. The van der Waals surface area contributed by atoms with Crippen molar-refractivity contribution in [2.75, 3.05) is 19.6 Å². The SMILES string of the molecule is C[C@H]1CN(C(=O)c2ccc(Br)o2)CCN1.Cl. The number of hydrogen-bond donors (Lipinski definition) is 1. The van der Waals surface area contributed by atoms with Crippen LogP contribution in [-0.2, 0) is 0 Å². The predicted molar refractivity (Wildman–Crippen MR) is 67.0 cm³/mol. The molecule has 1 N–H and O–H groups in total. The Morgan fingerprint density at radius 2 is 2.38 bits per heavy atom. The van der Waals surface area contributed by atoms with Gasteiger partial charge in [-0.1, -0.05) is 0 Å². The lowest BCUT2D eigenvalue weighted by Gasteiger charge is -2.31. The first-order valence-electron chi connectivity index (χ1n) is 4.95. The molecule has 1 fully saturated rings. The van der Waals surface area contributed by atoms with Crippen LogP contribution < -0.4 is 5.32 Å². The minimum Gasteiger partial charge on any atom is -0.444 e. The minimum absolute atomic E-state index is 0. The number of nitrogens with one attached hydrogen (secondary N) is 1. The molecule has 1 aliphatic heterocycles. The van der Waals surface area contributed by atoms with Crippen molar-refractivity contribution in [3.63, 3.8) is 0 Å². The van der Waals surface area contributed by atoms with E-state index in [0.717, 1.165) is 19.6 Å². The fraction of sp³-hybridized carbons (Fsp3) is 0.500. The number of halogens is 2. The van der Waals surface area contributed by atoms with Crippen LogP contribution in [0.15, 0.2) is 21.2 Å². The van der Waals surface area contributed by atoms with Gasteiger partial charge >= 0.3 is 0 Å². The first kappa shape index (κ1) is 13.5. The molecule has 16 heavy (non-hydrogen) atoms. The normalized spacial score (nSPS) is 20.4. The smallest absolute Gasteiger partial charge is 0.289 e. The number of hydrogen-bond acceptors (Lipinski definition) is 3. The van der Waals surface area contributed by atoms with E-state index in [9.17, 15) is 4.79 Å². The van der Waals surface area contributed by atoms with Crippen molar-refractivity contribution < 1.29 is 9.21 Å². The molecule has 1 saturated heterocycles. The third-order valence-electron chi connectivity index (χ3n) is 2.44. The molecule has 1 aromatic rings. The summed E-state index contributed by atoms with van der Waals surface area (Å²) in [6.07, 6.45) is 0. The topological polar surface area (TPSA) is 45.5 Å². The summed E-state index contributed by atoms with van der Waals surface area (Å²) < 4.78 is 5.83. The molecular weight excluding hydrogens is 295 g/mol. The zero-order valence-corrected chi connectivity index (χ0v) is 11.3. The van der Waals surface area contributed by atoms with Gasteiger partial charge < -0.3 is 14.6 Å². The monoisotopic (exact) mass is 308 g/mol. The van der Waals surface area contributed by atoms with Crippen molar-refractivity contribution in [2.45, 2.75) is 13.0 Å². The van der Waals surface area contributed by atoms with Crippen LogP contribution in [-0.4, -0.2) is 36.5 Å². The number of nitrogens with zero attached hydrogens (tertiary/aromatic N) is 1. The second-order valence-electron chi connectivity index (χ2n) is 3.71. The molecule has 4 nitrogen and oxygen atoms in total. The third kappa shape index (κ3) is 2.99. The molecule has 0 unspecified atom stereocenters. The van der Waals surface area contributed by atoms with Crippen LogP contribution in [0.25, 0.3) is 0 Å². The molecule has 2 heterocycles. The lowest BCUT2D eigenvalue weighted by molar-refractivity contribution is 0.0675. The Labute approximate surface area is 109 Å². The van der Waals surface area contributed by atoms with Crippen molar-refractivity contribution >= 4 is 34.2 Å². The Morgan fingerprint density at radius 1 is 1.62 bits per heavy atom. The number of furan rings is 1. The first-order valence-corrected chi connectivity index (χ1v) is 5.74. The van der Waals surface area contributed by atoms with Gasteiger partial charge in [-0.3, -0.25) is 4.79 Å². The molecule has 0 aliphatic carbocycles. The van der Waals surface area contributed by atoms with Gasteiger partial charge in [0.1, 0.15) is 0 Å². The Hall–Kier alpha value is -0.520. The largest absolute Gasteiger partial charge is 0.444 e. The summed E-state index contributed by atoms with van der Waals surface area (Å²) in [5, 5.41) is 3.29. The first-order chi connectivity index (χ1) is 7.16. The quantitative estimate of drug-likeness (QED) is 0.862. The summed E-state index contributed by atoms with van der Waals surface area (Å²) in [5.74, 6) is 0.366. The standard InChI is InChI=1S/C10H13BrN2O2.ClH/c1-7-6-13(5-4-12-7)10(14)8-2-3-9(11)15-8;/h2-3,7,12H,4-6H2,1H3;1H/t7-;/m0./s1. The molecule has 0 bridgehead atoms. The van der Waals surface area contributed by atoms with E-state index in [4.69, 9.17) is 4.42 Å². The van der Waals surface area contributed by atoms with Gasteiger partial charge in [0.05, 0.1) is 0 Å². The van der Waals surface area contributed by atoms with Gasteiger partial charge in [0.2, 0.25) is 0 Å². The van der Waals surface area contributed by atoms with Crippen molar-refractivity contribution in [3.8, 4) is 0 Å². The Balaban J connectivity index is 0.00000128. The molecule has 90 valence electrons. The third-order valence-corrected chi connectivity index (χ3v) is 2.87. The molecule has 1 atom stereocenters. The second kappa shape index (κ2) is 5.70. The fourth-order valence-corrected chi connectivity index (χ4v) is 2.01. The highest BCUT2D eigenvalue weighted by atomic mass is 79.9. The lowest BCUT2D eigenvalue weighted by atomic mass is 10.2. The zero-order valence-electron chi connectivity index (χ0n) is 8.90. The van der Waals surface area contributed by atoms with E-state index in [1.54, 1.807) is 12.1 Å². The fourth-order valence-electron chi connectivity index (χ4n) is 1.70.